The molecular weight excluding hydrogens is 471 g/mol. The number of carbonyl (C=O) groups is 3. The van der Waals surface area contributed by atoms with Crippen LogP contribution in [-0.4, -0.2) is 40.4 Å². The first-order valence-corrected chi connectivity index (χ1v) is 11.7. The maximum absolute atomic E-state index is 14.4. The Balaban J connectivity index is 1.54. The Kier molecular flexibility index (Phi) is 5.81. The van der Waals surface area contributed by atoms with Gasteiger partial charge in [-0.15, -0.1) is 0 Å². The van der Waals surface area contributed by atoms with Gasteiger partial charge in [0.2, 0.25) is 5.91 Å². The summed E-state index contributed by atoms with van der Waals surface area (Å²) in [6, 6.07) is 15.7. The summed E-state index contributed by atoms with van der Waals surface area (Å²) in [6.45, 7) is 0.0786. The molecule has 0 spiro atoms. The molecule has 0 aromatic heterocycles. The number of hydrogen-bond donors (Lipinski definition) is 2. The second-order valence-corrected chi connectivity index (χ2v) is 9.29. The van der Waals surface area contributed by atoms with E-state index in [0.29, 0.717) is 5.56 Å². The molecule has 2 aliphatic carbocycles. The summed E-state index contributed by atoms with van der Waals surface area (Å²) in [6.07, 6.45) is -1.20. The molecule has 3 aromatic carbocycles. The van der Waals surface area contributed by atoms with Crippen molar-refractivity contribution in [3.8, 4) is 11.1 Å². The minimum absolute atomic E-state index is 0.0786. The predicted octanol–water partition coefficient (Wildman–Crippen LogP) is 4.80. The van der Waals surface area contributed by atoms with Crippen LogP contribution in [0.25, 0.3) is 11.1 Å². The molecule has 0 saturated heterocycles. The van der Waals surface area contributed by atoms with E-state index in [0.717, 1.165) is 28.3 Å². The maximum Gasteiger partial charge on any atom is 0.407 e. The minimum Gasteiger partial charge on any atom is -0.465 e. The standard InChI is InChI=1S/C27H22ClFN2O4/c28-25-19-9-10-22(26(33)24(19)14(11-21(25)29)12-23(30)32)31(27(34)35)13-20-17-7-3-1-5-15(17)16-6-2-4-8-18(16)20/h1-8,11,20,22H,9-10,12-13H2,(H2,30,32)(H,34,35). The number of benzene rings is 3. The zero-order valence-corrected chi connectivity index (χ0v) is 19.4. The summed E-state index contributed by atoms with van der Waals surface area (Å²) in [5.74, 6) is -2.19. The number of nitrogens with two attached hydrogens (primary N) is 1. The molecule has 1 atom stereocenters. The number of amides is 2. The molecule has 35 heavy (non-hydrogen) atoms. The van der Waals surface area contributed by atoms with E-state index in [1.54, 1.807) is 0 Å². The first-order chi connectivity index (χ1) is 16.8. The van der Waals surface area contributed by atoms with E-state index in [1.807, 2.05) is 48.5 Å². The number of nitrogens with zero attached hydrogens (tertiary/aromatic N) is 1. The highest BCUT2D eigenvalue weighted by molar-refractivity contribution is 6.32. The molecule has 0 aliphatic heterocycles. The molecule has 2 aliphatic rings. The van der Waals surface area contributed by atoms with Crippen LogP contribution in [0.2, 0.25) is 5.02 Å². The molecule has 2 amide bonds. The van der Waals surface area contributed by atoms with Crippen LogP contribution in [-0.2, 0) is 17.6 Å². The van der Waals surface area contributed by atoms with E-state index in [1.165, 1.54) is 4.90 Å². The zero-order chi connectivity index (χ0) is 24.9. The zero-order valence-electron chi connectivity index (χ0n) is 18.6. The second kappa shape index (κ2) is 8.82. The van der Waals surface area contributed by atoms with Crippen molar-refractivity contribution in [3.05, 3.63) is 93.3 Å². The third-order valence-electron chi connectivity index (χ3n) is 6.94. The van der Waals surface area contributed by atoms with E-state index in [9.17, 15) is 23.9 Å². The summed E-state index contributed by atoms with van der Waals surface area (Å²) in [7, 11) is 0. The van der Waals surface area contributed by atoms with Gasteiger partial charge in [0, 0.05) is 18.0 Å². The van der Waals surface area contributed by atoms with Crippen molar-refractivity contribution in [3.63, 3.8) is 0 Å². The van der Waals surface area contributed by atoms with Crippen LogP contribution in [0.1, 0.15) is 45.0 Å². The van der Waals surface area contributed by atoms with Gasteiger partial charge in [-0.2, -0.15) is 0 Å². The number of halogens is 2. The minimum atomic E-state index is -1.22. The Morgan fingerprint density at radius 3 is 2.26 bits per heavy atom. The van der Waals surface area contributed by atoms with Gasteiger partial charge in [-0.05, 0) is 52.3 Å². The monoisotopic (exact) mass is 492 g/mol. The molecule has 3 N–H and O–H groups in total. The summed E-state index contributed by atoms with van der Waals surface area (Å²) in [4.78, 5) is 38.9. The summed E-state index contributed by atoms with van der Waals surface area (Å²) in [5.41, 5.74) is 9.95. The van der Waals surface area contributed by atoms with Gasteiger partial charge in [-0.1, -0.05) is 60.1 Å². The van der Waals surface area contributed by atoms with Crippen molar-refractivity contribution in [2.75, 3.05) is 6.54 Å². The van der Waals surface area contributed by atoms with Gasteiger partial charge in [0.1, 0.15) is 5.82 Å². The second-order valence-electron chi connectivity index (χ2n) is 8.91. The maximum atomic E-state index is 14.4. The molecule has 0 saturated carbocycles. The first kappa shape index (κ1) is 23.1. The summed E-state index contributed by atoms with van der Waals surface area (Å²) in [5, 5.41) is 9.99. The van der Waals surface area contributed by atoms with Gasteiger partial charge in [0.25, 0.3) is 0 Å². The fourth-order valence-corrected chi connectivity index (χ4v) is 5.72. The molecule has 8 heteroatoms. The molecule has 0 heterocycles. The van der Waals surface area contributed by atoms with E-state index >= 15 is 0 Å². The fourth-order valence-electron chi connectivity index (χ4n) is 5.47. The molecule has 0 bridgehead atoms. The number of primary amides is 1. The third-order valence-corrected chi connectivity index (χ3v) is 7.35. The summed E-state index contributed by atoms with van der Waals surface area (Å²) < 4.78 is 14.4. The molecular formula is C27H22ClFN2O4. The van der Waals surface area contributed by atoms with Crippen molar-refractivity contribution in [2.45, 2.75) is 31.2 Å². The van der Waals surface area contributed by atoms with Crippen molar-refractivity contribution >= 4 is 29.4 Å². The Hall–Kier alpha value is -3.71. The lowest BCUT2D eigenvalue weighted by atomic mass is 9.82. The van der Waals surface area contributed by atoms with Gasteiger partial charge in [-0.25, -0.2) is 9.18 Å². The van der Waals surface area contributed by atoms with Crippen LogP contribution in [0, 0.1) is 5.82 Å². The molecule has 6 nitrogen and oxygen atoms in total. The highest BCUT2D eigenvalue weighted by Crippen LogP contribution is 2.45. The van der Waals surface area contributed by atoms with Crippen LogP contribution in [0.15, 0.2) is 54.6 Å². The van der Waals surface area contributed by atoms with Gasteiger partial charge in [0.15, 0.2) is 5.78 Å². The van der Waals surface area contributed by atoms with Crippen LogP contribution in [0.3, 0.4) is 0 Å². The van der Waals surface area contributed by atoms with Gasteiger partial charge in [0.05, 0.1) is 17.5 Å². The third kappa shape index (κ3) is 3.86. The Labute approximate surface area is 206 Å². The Morgan fingerprint density at radius 1 is 1.09 bits per heavy atom. The van der Waals surface area contributed by atoms with Gasteiger partial charge < -0.3 is 10.8 Å². The Bertz CT molecular complexity index is 1340. The lowest BCUT2D eigenvalue weighted by Gasteiger charge is -2.35. The highest BCUT2D eigenvalue weighted by Gasteiger charge is 2.40. The number of carbonyl (C=O) groups excluding carboxylic acids is 2. The van der Waals surface area contributed by atoms with Crippen LogP contribution < -0.4 is 5.73 Å². The summed E-state index contributed by atoms with van der Waals surface area (Å²) >= 11 is 6.15. The van der Waals surface area contributed by atoms with Gasteiger partial charge >= 0.3 is 6.09 Å². The topological polar surface area (TPSA) is 101 Å². The quantitative estimate of drug-likeness (QED) is 0.534. The van der Waals surface area contributed by atoms with E-state index in [-0.39, 0.29) is 47.9 Å². The number of hydrogen-bond acceptors (Lipinski definition) is 3. The van der Waals surface area contributed by atoms with Crippen LogP contribution in [0.5, 0.6) is 0 Å². The largest absolute Gasteiger partial charge is 0.465 e. The van der Waals surface area contributed by atoms with E-state index in [2.05, 4.69) is 0 Å². The molecule has 0 fully saturated rings. The van der Waals surface area contributed by atoms with Crippen LogP contribution >= 0.6 is 11.6 Å². The number of ketones is 1. The van der Waals surface area contributed by atoms with Crippen molar-refractivity contribution in [1.29, 1.82) is 0 Å². The van der Waals surface area contributed by atoms with Crippen LogP contribution in [0.4, 0.5) is 9.18 Å². The molecule has 3 aromatic rings. The van der Waals surface area contributed by atoms with Crippen molar-refractivity contribution in [2.24, 2.45) is 5.73 Å². The smallest absolute Gasteiger partial charge is 0.407 e. The number of fused-ring (bicyclic) bond motifs is 4. The van der Waals surface area contributed by atoms with Crippen molar-refractivity contribution < 1.29 is 23.9 Å². The molecule has 178 valence electrons. The lowest BCUT2D eigenvalue weighted by molar-refractivity contribution is -0.117. The molecule has 1 unspecified atom stereocenters. The average molecular weight is 493 g/mol. The van der Waals surface area contributed by atoms with Gasteiger partial charge in [-0.3, -0.25) is 14.5 Å². The Morgan fingerprint density at radius 2 is 1.69 bits per heavy atom. The number of carboxylic acid groups (broad SMARTS) is 1. The normalized spacial score (nSPS) is 16.4. The van der Waals surface area contributed by atoms with Crippen molar-refractivity contribution in [1.82, 2.24) is 4.90 Å². The fraction of sp³-hybridized carbons (Fsp3) is 0.222. The SMILES string of the molecule is NC(=O)Cc1cc(F)c(Cl)c2c1C(=O)C(N(CC1c3ccccc3-c3ccccc31)C(=O)O)CC2. The number of Topliss-reactive ketones (excluding diaryl/α,β-unsaturated/α-hetero) is 1. The lowest BCUT2D eigenvalue weighted by Crippen LogP contribution is -2.48. The number of rotatable bonds is 5. The highest BCUT2D eigenvalue weighted by atomic mass is 35.5. The average Bonchev–Trinajstić information content (AvgIpc) is 3.14. The van der Waals surface area contributed by atoms with E-state index in [4.69, 9.17) is 17.3 Å². The molecule has 5 rings (SSSR count). The molecule has 0 radical (unpaired) electrons. The van der Waals surface area contributed by atoms with E-state index < -0.39 is 29.6 Å². The first-order valence-electron chi connectivity index (χ1n) is 11.3. The predicted molar refractivity (Wildman–Crippen MR) is 129 cm³/mol.